The summed E-state index contributed by atoms with van der Waals surface area (Å²) in [6.07, 6.45) is 3.98. The monoisotopic (exact) mass is 833 g/mol. The first kappa shape index (κ1) is 39.5. The zero-order valence-electron chi connectivity index (χ0n) is 31.3. The van der Waals surface area contributed by atoms with E-state index in [4.69, 9.17) is 19.2 Å². The van der Waals surface area contributed by atoms with Gasteiger partial charge >= 0.3 is 0 Å². The molecule has 7 aromatic rings. The van der Waals surface area contributed by atoms with Crippen LogP contribution in [-0.4, -0.2) is 47.8 Å². The van der Waals surface area contributed by atoms with Gasteiger partial charge in [0.1, 0.15) is 22.9 Å². The van der Waals surface area contributed by atoms with Crippen molar-refractivity contribution < 1.29 is 53.7 Å². The molecule has 4 N–H and O–H groups in total. The summed E-state index contributed by atoms with van der Waals surface area (Å²) in [5.74, 6) is -17.4. The van der Waals surface area contributed by atoms with Gasteiger partial charge in [-0.3, -0.25) is 0 Å². The molecule has 0 radical (unpaired) electrons. The highest BCUT2D eigenvalue weighted by Crippen LogP contribution is 2.47. The number of fused-ring (bicyclic) bond motifs is 9. The zero-order chi connectivity index (χ0) is 42.7. The van der Waals surface area contributed by atoms with Gasteiger partial charge in [-0.25, -0.2) is 44.5 Å². The van der Waals surface area contributed by atoms with Crippen molar-refractivity contribution >= 4 is 50.9 Å². The number of rotatable bonds is 9. The Labute approximate surface area is 332 Å². The topological polar surface area (TPSA) is 100.0 Å². The Bertz CT molecular complexity index is 3010. The van der Waals surface area contributed by atoms with Crippen molar-refractivity contribution in [1.29, 1.82) is 0 Å². The van der Waals surface area contributed by atoms with E-state index in [1.807, 2.05) is 0 Å². The van der Waals surface area contributed by atoms with Gasteiger partial charge < -0.3 is 34.5 Å². The van der Waals surface area contributed by atoms with Crippen LogP contribution in [0, 0.1) is 52.4 Å². The maximum atomic E-state index is 16.3. The highest BCUT2D eigenvalue weighted by atomic mass is 19.2. The Hall–Kier alpha value is -7.30. The number of aromatic nitrogens is 4. The molecule has 8 bridgehead atoms. The molecule has 0 spiro atoms. The average Bonchev–Trinajstić information content (AvgIpc) is 4.10. The molecule has 306 valence electrons. The van der Waals surface area contributed by atoms with Crippen LogP contribution in [0.3, 0.4) is 0 Å². The smallest absolute Gasteiger partial charge is 0.200 e. The fraction of sp³-hybridized carbons (Fsp3) is 0.0930. The van der Waals surface area contributed by atoms with Crippen LogP contribution in [0.2, 0.25) is 0 Å². The Morgan fingerprint density at radius 2 is 0.883 bits per heavy atom. The largest absolute Gasteiger partial charge is 0.496 e. The molecule has 4 aromatic heterocycles. The second-order valence-electron chi connectivity index (χ2n) is 13.2. The predicted octanol–water partition coefficient (Wildman–Crippen LogP) is 11.6. The third-order valence-corrected chi connectivity index (χ3v) is 9.94. The fourth-order valence-electron chi connectivity index (χ4n) is 7.20. The summed E-state index contributed by atoms with van der Waals surface area (Å²) < 4.78 is 156. The molecule has 3 aromatic carbocycles. The van der Waals surface area contributed by atoms with Crippen LogP contribution in [0.1, 0.15) is 11.4 Å². The van der Waals surface area contributed by atoms with Crippen molar-refractivity contribution in [2.24, 2.45) is 0 Å². The van der Waals surface area contributed by atoms with Gasteiger partial charge in [-0.05, 0) is 48.6 Å². The van der Waals surface area contributed by atoms with Gasteiger partial charge in [-0.15, -0.1) is 6.58 Å². The number of ether oxygens (including phenoxy) is 3. The number of nitrogens with one attached hydrogen (secondary N) is 4. The summed E-state index contributed by atoms with van der Waals surface area (Å²) in [7, 11) is 4.07. The van der Waals surface area contributed by atoms with E-state index in [1.54, 1.807) is 0 Å². The second kappa shape index (κ2) is 15.1. The van der Waals surface area contributed by atoms with Gasteiger partial charge in [0.25, 0.3) is 0 Å². The third kappa shape index (κ3) is 6.15. The highest BCUT2D eigenvalue weighted by molar-refractivity contribution is 6.01. The van der Waals surface area contributed by atoms with Gasteiger partial charge in [-0.1, -0.05) is 6.08 Å². The van der Waals surface area contributed by atoms with Crippen LogP contribution < -0.4 is 19.5 Å². The quantitative estimate of drug-likeness (QED) is 0.0502. The van der Waals surface area contributed by atoms with E-state index >= 15 is 26.3 Å². The van der Waals surface area contributed by atoms with Gasteiger partial charge in [0, 0.05) is 57.4 Å². The van der Waals surface area contributed by atoms with Gasteiger partial charge in [-0.2, -0.15) is 0 Å². The zero-order valence-corrected chi connectivity index (χ0v) is 31.3. The van der Waals surface area contributed by atoms with E-state index in [1.165, 1.54) is 88.1 Å². The molecule has 17 heteroatoms. The van der Waals surface area contributed by atoms with Crippen LogP contribution in [-0.2, 0) is 0 Å². The molecule has 60 heavy (non-hydrogen) atoms. The molecule has 1 aliphatic heterocycles. The van der Waals surface area contributed by atoms with Crippen LogP contribution in [0.4, 0.5) is 45.2 Å². The molecule has 8 nitrogen and oxygen atoms in total. The number of aromatic amines is 3. The average molecular weight is 834 g/mol. The summed E-state index contributed by atoms with van der Waals surface area (Å²) in [6.45, 7) is 3.22. The molecule has 0 aliphatic carbocycles. The number of anilines is 1. The van der Waals surface area contributed by atoms with Gasteiger partial charge in [0.15, 0.2) is 46.5 Å². The van der Waals surface area contributed by atoms with Crippen LogP contribution in [0.15, 0.2) is 61.2 Å². The van der Waals surface area contributed by atoms with Crippen molar-refractivity contribution in [2.75, 3.05) is 33.2 Å². The molecule has 0 amide bonds. The van der Waals surface area contributed by atoms with Gasteiger partial charge in [0.05, 0.1) is 60.4 Å². The number of halogens is 9. The standard InChI is InChI=1S/C43H28F9N5O3/c1-5-14-53-43-41(51)36(46)33(37(47)42(43)52)30-23-9-7-19(55-23)18-6-8-22(54-18)29(32-34(44)38(48)40(50)39(49)35(32)45)24-12-10-20(56-24)28(21-11-13-25(30)57-21)31-26(59-3)15-17(58-2)16-27(31)60-4/h5-13,15-16,53-56H,1,14H2,2-4H3. The summed E-state index contributed by atoms with van der Waals surface area (Å²) in [6, 6.07) is 11.2. The lowest BCUT2D eigenvalue weighted by atomic mass is 10.0. The molecular weight excluding hydrogens is 805 g/mol. The normalized spacial score (nSPS) is 11.7. The predicted molar refractivity (Wildman–Crippen MR) is 209 cm³/mol. The minimum atomic E-state index is -2.36. The van der Waals surface area contributed by atoms with E-state index in [0.29, 0.717) is 0 Å². The number of H-pyrrole nitrogens is 3. The number of hydrogen-bond donors (Lipinski definition) is 4. The fourth-order valence-corrected chi connectivity index (χ4v) is 7.20. The molecular formula is C43H28F9N5O3. The highest BCUT2D eigenvalue weighted by Gasteiger charge is 2.31. The Morgan fingerprint density at radius 3 is 1.33 bits per heavy atom. The summed E-state index contributed by atoms with van der Waals surface area (Å²) in [5, 5.41) is 2.27. The summed E-state index contributed by atoms with van der Waals surface area (Å²) in [5.41, 5.74) is -4.23. The van der Waals surface area contributed by atoms with E-state index < -0.39 is 80.3 Å². The van der Waals surface area contributed by atoms with E-state index in [2.05, 4.69) is 26.8 Å². The van der Waals surface area contributed by atoms with Crippen molar-refractivity contribution in [3.05, 3.63) is 125 Å². The van der Waals surface area contributed by atoms with Crippen molar-refractivity contribution in [2.45, 2.75) is 0 Å². The molecule has 0 saturated heterocycles. The summed E-state index contributed by atoms with van der Waals surface area (Å²) >= 11 is 0. The molecule has 0 saturated carbocycles. The third-order valence-electron chi connectivity index (χ3n) is 9.94. The summed E-state index contributed by atoms with van der Waals surface area (Å²) in [4.78, 5) is 13.6. The van der Waals surface area contributed by atoms with Crippen LogP contribution in [0.5, 0.6) is 17.2 Å². The molecule has 0 fully saturated rings. The molecule has 1 aliphatic rings. The van der Waals surface area contributed by atoms with E-state index in [-0.39, 0.29) is 79.4 Å². The molecule has 0 atom stereocenters. The minimum Gasteiger partial charge on any atom is -0.496 e. The number of methoxy groups -OCH3 is 3. The minimum absolute atomic E-state index is 0.0182. The Kier molecular flexibility index (Phi) is 9.97. The lowest BCUT2D eigenvalue weighted by molar-refractivity contribution is 0.377. The molecule has 8 rings (SSSR count). The van der Waals surface area contributed by atoms with Crippen molar-refractivity contribution in [3.63, 3.8) is 0 Å². The van der Waals surface area contributed by atoms with Crippen molar-refractivity contribution in [1.82, 2.24) is 19.9 Å². The lowest BCUT2D eigenvalue weighted by Gasteiger charge is -2.16. The first-order valence-electron chi connectivity index (χ1n) is 17.7. The maximum absolute atomic E-state index is 16.3. The van der Waals surface area contributed by atoms with Crippen LogP contribution in [0.25, 0.3) is 78.6 Å². The maximum Gasteiger partial charge on any atom is 0.200 e. The van der Waals surface area contributed by atoms with Gasteiger partial charge in [0.2, 0.25) is 5.82 Å². The van der Waals surface area contributed by atoms with Crippen LogP contribution >= 0.6 is 0 Å². The SMILES string of the molecule is C=CCNc1c(F)c(F)c(-c2c3nc(c(-c4c(OC)cc(OC)cc4OC)c4ccc([nH]4)c(-c4c(F)c(F)c(F)c(F)c4F)c4ccc([nH]4)c4ccc2[nH]4)C=C3)c(F)c1F. The number of hydrogen-bond acceptors (Lipinski definition) is 5. The first-order chi connectivity index (χ1) is 28.8. The Morgan fingerprint density at radius 1 is 0.500 bits per heavy atom. The van der Waals surface area contributed by atoms with E-state index in [0.717, 1.165) is 0 Å². The lowest BCUT2D eigenvalue weighted by Crippen LogP contribution is -2.09. The van der Waals surface area contributed by atoms with E-state index in [9.17, 15) is 13.2 Å². The number of benzene rings is 3. The first-order valence-corrected chi connectivity index (χ1v) is 17.7. The number of nitrogens with zero attached hydrogens (tertiary/aromatic N) is 1. The Balaban J connectivity index is 1.61. The second-order valence-corrected chi connectivity index (χ2v) is 13.2. The molecule has 5 heterocycles. The molecule has 0 unspecified atom stereocenters. The van der Waals surface area contributed by atoms with Crippen molar-refractivity contribution in [3.8, 4) is 50.6 Å².